The Kier molecular flexibility index (Phi) is 5.01. The molecule has 0 bridgehead atoms. The highest BCUT2D eigenvalue weighted by Gasteiger charge is 2.24. The van der Waals surface area contributed by atoms with Crippen LogP contribution in [0.3, 0.4) is 0 Å². The fourth-order valence-electron chi connectivity index (χ4n) is 3.84. The van der Waals surface area contributed by atoms with Crippen LogP contribution >= 0.6 is 0 Å². The molecule has 1 unspecified atom stereocenters. The Balaban J connectivity index is 1.70. The maximum absolute atomic E-state index is 12.8. The van der Waals surface area contributed by atoms with Crippen molar-refractivity contribution in [1.82, 2.24) is 19.5 Å². The standard InChI is InChI=1S/C22H24N4O/c1-2-17-9-4-7-15-25(17)21(27)13-12-18-20-11-5-8-16-26(20)24-22(18)19-10-3-6-14-23-19/h3,5-6,8,10-14,16-17H,2,4,7,9,15H2,1H3/b13-12+. The molecule has 5 nitrogen and oxygen atoms in total. The van der Waals surface area contributed by atoms with Crippen LogP contribution in [0.25, 0.3) is 23.0 Å². The number of piperidine rings is 1. The van der Waals surface area contributed by atoms with E-state index < -0.39 is 0 Å². The van der Waals surface area contributed by atoms with Crippen molar-refractivity contribution in [3.8, 4) is 11.4 Å². The number of aromatic nitrogens is 3. The van der Waals surface area contributed by atoms with Crippen LogP contribution < -0.4 is 0 Å². The summed E-state index contributed by atoms with van der Waals surface area (Å²) in [6.07, 6.45) is 11.7. The van der Waals surface area contributed by atoms with E-state index >= 15 is 0 Å². The van der Waals surface area contributed by atoms with Crippen LogP contribution in [0.5, 0.6) is 0 Å². The number of amides is 1. The van der Waals surface area contributed by atoms with Gasteiger partial charge in [-0.15, -0.1) is 0 Å². The third kappa shape index (κ3) is 3.50. The molecule has 1 fully saturated rings. The van der Waals surface area contributed by atoms with E-state index in [9.17, 15) is 4.79 Å². The Hall–Kier alpha value is -2.95. The first-order valence-corrected chi connectivity index (χ1v) is 9.65. The topological polar surface area (TPSA) is 50.5 Å². The van der Waals surface area contributed by atoms with Crippen molar-refractivity contribution in [2.75, 3.05) is 6.54 Å². The second-order valence-electron chi connectivity index (χ2n) is 6.93. The molecule has 3 aromatic rings. The number of rotatable bonds is 4. The second kappa shape index (κ2) is 7.74. The first-order chi connectivity index (χ1) is 13.3. The van der Waals surface area contributed by atoms with Crippen molar-refractivity contribution in [2.45, 2.75) is 38.6 Å². The predicted molar refractivity (Wildman–Crippen MR) is 107 cm³/mol. The molecule has 0 aromatic carbocycles. The van der Waals surface area contributed by atoms with E-state index in [0.29, 0.717) is 6.04 Å². The molecule has 0 saturated carbocycles. The molecule has 4 rings (SSSR count). The Bertz CT molecular complexity index is 961. The SMILES string of the molecule is CCC1CCCCN1C(=O)/C=C/c1c(-c2ccccn2)nn2ccccc12. The van der Waals surface area contributed by atoms with E-state index in [4.69, 9.17) is 0 Å². The van der Waals surface area contributed by atoms with Crippen molar-refractivity contribution in [2.24, 2.45) is 0 Å². The van der Waals surface area contributed by atoms with Gasteiger partial charge in [0.2, 0.25) is 5.91 Å². The average Bonchev–Trinajstić information content (AvgIpc) is 3.11. The van der Waals surface area contributed by atoms with Gasteiger partial charge in [-0.3, -0.25) is 9.78 Å². The first kappa shape index (κ1) is 17.5. The van der Waals surface area contributed by atoms with E-state index in [0.717, 1.165) is 48.3 Å². The molecular weight excluding hydrogens is 336 g/mol. The van der Waals surface area contributed by atoms with Gasteiger partial charge in [-0.25, -0.2) is 4.52 Å². The molecule has 1 saturated heterocycles. The predicted octanol–water partition coefficient (Wildman–Crippen LogP) is 4.20. The van der Waals surface area contributed by atoms with Crippen molar-refractivity contribution >= 4 is 17.5 Å². The van der Waals surface area contributed by atoms with Crippen LogP contribution in [0.1, 0.15) is 38.2 Å². The number of nitrogens with zero attached hydrogens (tertiary/aromatic N) is 4. The van der Waals surface area contributed by atoms with Crippen LogP contribution in [0.4, 0.5) is 0 Å². The number of fused-ring (bicyclic) bond motifs is 1. The molecule has 138 valence electrons. The molecule has 1 atom stereocenters. The van der Waals surface area contributed by atoms with Gasteiger partial charge in [0.25, 0.3) is 0 Å². The van der Waals surface area contributed by atoms with E-state index in [2.05, 4.69) is 17.0 Å². The largest absolute Gasteiger partial charge is 0.336 e. The second-order valence-corrected chi connectivity index (χ2v) is 6.93. The molecule has 0 N–H and O–H groups in total. The van der Waals surface area contributed by atoms with Gasteiger partial charge >= 0.3 is 0 Å². The van der Waals surface area contributed by atoms with Gasteiger partial charge < -0.3 is 4.90 Å². The minimum atomic E-state index is 0.0869. The molecule has 4 heterocycles. The number of pyridine rings is 2. The molecular formula is C22H24N4O. The number of carbonyl (C=O) groups excluding carboxylic acids is 1. The maximum Gasteiger partial charge on any atom is 0.246 e. The third-order valence-corrected chi connectivity index (χ3v) is 5.26. The summed E-state index contributed by atoms with van der Waals surface area (Å²) in [6.45, 7) is 3.01. The highest BCUT2D eigenvalue weighted by Crippen LogP contribution is 2.26. The smallest absolute Gasteiger partial charge is 0.246 e. The lowest BCUT2D eigenvalue weighted by Crippen LogP contribution is -2.42. The minimum Gasteiger partial charge on any atom is -0.336 e. The van der Waals surface area contributed by atoms with Crippen LogP contribution in [-0.4, -0.2) is 38.0 Å². The van der Waals surface area contributed by atoms with Crippen molar-refractivity contribution in [1.29, 1.82) is 0 Å². The van der Waals surface area contributed by atoms with E-state index in [1.54, 1.807) is 12.3 Å². The Morgan fingerprint density at radius 2 is 2.11 bits per heavy atom. The molecule has 0 aliphatic carbocycles. The molecule has 27 heavy (non-hydrogen) atoms. The number of hydrogen-bond donors (Lipinski definition) is 0. The minimum absolute atomic E-state index is 0.0869. The van der Waals surface area contributed by atoms with Gasteiger partial charge in [0.15, 0.2) is 0 Å². The summed E-state index contributed by atoms with van der Waals surface area (Å²) < 4.78 is 1.84. The zero-order valence-electron chi connectivity index (χ0n) is 15.6. The van der Waals surface area contributed by atoms with Crippen LogP contribution in [-0.2, 0) is 4.79 Å². The summed E-state index contributed by atoms with van der Waals surface area (Å²) in [5.41, 5.74) is 3.48. The van der Waals surface area contributed by atoms with Gasteiger partial charge in [0.05, 0.1) is 11.2 Å². The highest BCUT2D eigenvalue weighted by molar-refractivity contribution is 5.95. The summed E-state index contributed by atoms with van der Waals surface area (Å²) >= 11 is 0. The average molecular weight is 360 g/mol. The van der Waals surface area contributed by atoms with Crippen molar-refractivity contribution < 1.29 is 4.79 Å². The molecule has 0 radical (unpaired) electrons. The molecule has 1 aliphatic heterocycles. The van der Waals surface area contributed by atoms with Gasteiger partial charge in [0.1, 0.15) is 5.69 Å². The van der Waals surface area contributed by atoms with Crippen molar-refractivity contribution in [3.05, 3.63) is 60.4 Å². The molecule has 1 aliphatic rings. The fourth-order valence-corrected chi connectivity index (χ4v) is 3.84. The summed E-state index contributed by atoms with van der Waals surface area (Å²) in [5.74, 6) is 0.0869. The zero-order valence-corrected chi connectivity index (χ0v) is 15.6. The molecule has 5 heteroatoms. The van der Waals surface area contributed by atoms with E-state index in [-0.39, 0.29) is 5.91 Å². The lowest BCUT2D eigenvalue weighted by molar-refractivity contribution is -0.129. The molecule has 1 amide bonds. The number of carbonyl (C=O) groups is 1. The Labute approximate surface area is 159 Å². The van der Waals surface area contributed by atoms with E-state index in [1.807, 2.05) is 58.1 Å². The molecule has 0 spiro atoms. The maximum atomic E-state index is 12.8. The number of hydrogen-bond acceptors (Lipinski definition) is 3. The lowest BCUT2D eigenvalue weighted by Gasteiger charge is -2.34. The van der Waals surface area contributed by atoms with Gasteiger partial charge in [-0.2, -0.15) is 5.10 Å². The first-order valence-electron chi connectivity index (χ1n) is 9.65. The zero-order chi connectivity index (χ0) is 18.6. The third-order valence-electron chi connectivity index (χ3n) is 5.26. The van der Waals surface area contributed by atoms with Gasteiger partial charge in [-0.05, 0) is 56.0 Å². The number of likely N-dealkylation sites (tertiary alicyclic amines) is 1. The summed E-state index contributed by atoms with van der Waals surface area (Å²) in [5, 5.41) is 4.68. The van der Waals surface area contributed by atoms with Crippen LogP contribution in [0.2, 0.25) is 0 Å². The van der Waals surface area contributed by atoms with Gasteiger partial charge in [-0.1, -0.05) is 19.1 Å². The van der Waals surface area contributed by atoms with Crippen LogP contribution in [0, 0.1) is 0 Å². The summed E-state index contributed by atoms with van der Waals surface area (Å²) in [4.78, 5) is 19.3. The van der Waals surface area contributed by atoms with Gasteiger partial charge in [0, 0.05) is 36.6 Å². The Morgan fingerprint density at radius 1 is 1.22 bits per heavy atom. The normalized spacial score (nSPS) is 17.7. The van der Waals surface area contributed by atoms with Crippen molar-refractivity contribution in [3.63, 3.8) is 0 Å². The molecule has 3 aromatic heterocycles. The Morgan fingerprint density at radius 3 is 2.93 bits per heavy atom. The quantitative estimate of drug-likeness (QED) is 0.655. The van der Waals surface area contributed by atoms with Crippen LogP contribution in [0.15, 0.2) is 54.9 Å². The monoisotopic (exact) mass is 360 g/mol. The fraction of sp³-hybridized carbons (Fsp3) is 0.318. The highest BCUT2D eigenvalue weighted by atomic mass is 16.2. The van der Waals surface area contributed by atoms with E-state index in [1.165, 1.54) is 6.42 Å². The summed E-state index contributed by atoms with van der Waals surface area (Å²) in [7, 11) is 0. The lowest BCUT2D eigenvalue weighted by atomic mass is 10.00. The summed E-state index contributed by atoms with van der Waals surface area (Å²) in [6, 6.07) is 12.1.